The Hall–Kier alpha value is -6.13. The molecule has 0 fully saturated rings. The normalized spacial score (nSPS) is 13.1. The average molecular weight is 897 g/mol. The van der Waals surface area contributed by atoms with Gasteiger partial charge in [0.15, 0.2) is 5.25 Å². The van der Waals surface area contributed by atoms with Crippen molar-refractivity contribution in [2.24, 2.45) is 0 Å². The van der Waals surface area contributed by atoms with E-state index >= 15 is 0 Å². The number of benzene rings is 4. The van der Waals surface area contributed by atoms with Crippen LogP contribution in [0.4, 0.5) is 10.5 Å². The highest BCUT2D eigenvalue weighted by molar-refractivity contribution is 7.87. The molecule has 16 nitrogen and oxygen atoms in total. The van der Waals surface area contributed by atoms with E-state index in [4.69, 9.17) is 23.7 Å². The highest BCUT2D eigenvalue weighted by Crippen LogP contribution is 2.44. The van der Waals surface area contributed by atoms with Crippen LogP contribution in [0.5, 0.6) is 0 Å². The van der Waals surface area contributed by atoms with Gasteiger partial charge in [-0.25, -0.2) is 4.79 Å². The quantitative estimate of drug-likeness (QED) is 0.0450. The molecule has 1 aliphatic carbocycles. The molecule has 1 aliphatic heterocycles. The van der Waals surface area contributed by atoms with Crippen molar-refractivity contribution in [1.29, 1.82) is 0 Å². The number of nitrogens with zero attached hydrogens (tertiary/aromatic N) is 1. The third-order valence-corrected chi connectivity index (χ3v) is 11.5. The molecule has 4 N–H and O–H groups in total. The summed E-state index contributed by atoms with van der Waals surface area (Å²) in [5.74, 6) is 4.25. The van der Waals surface area contributed by atoms with Gasteiger partial charge in [0, 0.05) is 49.5 Å². The van der Waals surface area contributed by atoms with Crippen molar-refractivity contribution in [3.05, 3.63) is 125 Å². The number of alkyl carbamates (subject to hydrolysis) is 1. The molecule has 2 aliphatic rings. The number of para-hydroxylation sites is 1. The average Bonchev–Trinajstić information content (AvgIpc) is 3.60. The Labute approximate surface area is 372 Å². The second-order valence-corrected chi connectivity index (χ2v) is 16.3. The molecule has 0 bridgehead atoms. The SMILES string of the molecule is O=C(CCOCCOCCOCCOCCNC(=O)OCC1c2ccccc2-c2ccccc21)NCC(C(=O)NCCC(=O)N1Cc2ccccc2C#Cc2ccccc21)S(=O)(=O)O. The Kier molecular flexibility index (Phi) is 17.8. The zero-order valence-electron chi connectivity index (χ0n) is 35.3. The number of rotatable bonds is 24. The summed E-state index contributed by atoms with van der Waals surface area (Å²) < 4.78 is 61.2. The molecule has 0 saturated heterocycles. The van der Waals surface area contributed by atoms with E-state index < -0.39 is 39.8 Å². The number of ether oxygens (including phenoxy) is 5. The number of nitrogens with one attached hydrogen (secondary N) is 3. The lowest BCUT2D eigenvalue weighted by Gasteiger charge is -2.26. The van der Waals surface area contributed by atoms with Crippen molar-refractivity contribution < 1.29 is 55.8 Å². The molecule has 1 unspecified atom stereocenters. The Morgan fingerprint density at radius 2 is 1.22 bits per heavy atom. The van der Waals surface area contributed by atoms with E-state index in [1.807, 2.05) is 60.7 Å². The van der Waals surface area contributed by atoms with Gasteiger partial charge in [-0.3, -0.25) is 18.9 Å². The zero-order chi connectivity index (χ0) is 45.2. The first kappa shape index (κ1) is 47.4. The monoisotopic (exact) mass is 896 g/mol. The van der Waals surface area contributed by atoms with E-state index in [-0.39, 0.29) is 70.7 Å². The van der Waals surface area contributed by atoms with E-state index in [0.717, 1.165) is 22.3 Å². The summed E-state index contributed by atoms with van der Waals surface area (Å²) in [5.41, 5.74) is 7.54. The summed E-state index contributed by atoms with van der Waals surface area (Å²) in [6.45, 7) is 1.88. The molecule has 64 heavy (non-hydrogen) atoms. The lowest BCUT2D eigenvalue weighted by molar-refractivity contribution is -0.123. The van der Waals surface area contributed by atoms with Gasteiger partial charge in [0.05, 0.1) is 65.1 Å². The molecule has 0 spiro atoms. The molecule has 4 aromatic carbocycles. The van der Waals surface area contributed by atoms with Gasteiger partial charge >= 0.3 is 6.09 Å². The number of anilines is 1. The Balaban J connectivity index is 0.757. The maximum Gasteiger partial charge on any atom is 0.407 e. The van der Waals surface area contributed by atoms with Crippen LogP contribution in [-0.4, -0.2) is 121 Å². The predicted molar refractivity (Wildman–Crippen MR) is 237 cm³/mol. The summed E-state index contributed by atoms with van der Waals surface area (Å²) in [7, 11) is -4.90. The Morgan fingerprint density at radius 1 is 0.656 bits per heavy atom. The molecule has 4 amide bonds. The molecular weight excluding hydrogens is 845 g/mol. The fourth-order valence-electron chi connectivity index (χ4n) is 7.18. The lowest BCUT2D eigenvalue weighted by Crippen LogP contribution is -2.47. The van der Waals surface area contributed by atoms with Crippen LogP contribution in [-0.2, 0) is 54.7 Å². The molecule has 6 rings (SSSR count). The van der Waals surface area contributed by atoms with Crippen LogP contribution in [0, 0.1) is 11.8 Å². The van der Waals surface area contributed by atoms with Crippen molar-refractivity contribution in [2.45, 2.75) is 30.6 Å². The van der Waals surface area contributed by atoms with Crippen LogP contribution in [0.25, 0.3) is 11.1 Å². The fraction of sp³-hybridized carbons (Fsp3) is 0.362. The molecule has 0 aromatic heterocycles. The van der Waals surface area contributed by atoms with Crippen molar-refractivity contribution in [1.82, 2.24) is 16.0 Å². The van der Waals surface area contributed by atoms with Gasteiger partial charge in [-0.1, -0.05) is 90.7 Å². The minimum Gasteiger partial charge on any atom is -0.449 e. The first-order valence-corrected chi connectivity index (χ1v) is 22.5. The summed E-state index contributed by atoms with van der Waals surface area (Å²) in [5, 5.41) is 5.45. The number of carbonyl (C=O) groups is 4. The van der Waals surface area contributed by atoms with E-state index in [0.29, 0.717) is 44.3 Å². The Morgan fingerprint density at radius 3 is 1.89 bits per heavy atom. The number of carbonyl (C=O) groups excluding carboxylic acids is 4. The van der Waals surface area contributed by atoms with Gasteiger partial charge in [0.2, 0.25) is 17.7 Å². The van der Waals surface area contributed by atoms with Gasteiger partial charge in [-0.2, -0.15) is 8.42 Å². The van der Waals surface area contributed by atoms with E-state index in [2.05, 4.69) is 52.1 Å². The summed E-state index contributed by atoms with van der Waals surface area (Å²) in [4.78, 5) is 52.5. The first-order valence-electron chi connectivity index (χ1n) is 21.0. The largest absolute Gasteiger partial charge is 0.449 e. The Bertz CT molecular complexity index is 2370. The fourth-order valence-corrected chi connectivity index (χ4v) is 7.83. The predicted octanol–water partition coefficient (Wildman–Crippen LogP) is 3.81. The highest BCUT2D eigenvalue weighted by Gasteiger charge is 2.32. The van der Waals surface area contributed by atoms with Crippen LogP contribution < -0.4 is 20.9 Å². The molecule has 17 heteroatoms. The molecule has 338 valence electrons. The summed E-state index contributed by atoms with van der Waals surface area (Å²) >= 11 is 0. The first-order chi connectivity index (χ1) is 31.1. The van der Waals surface area contributed by atoms with Gasteiger partial charge in [0.25, 0.3) is 10.1 Å². The van der Waals surface area contributed by atoms with Crippen LogP contribution in [0.3, 0.4) is 0 Å². The molecule has 0 saturated carbocycles. The smallest absolute Gasteiger partial charge is 0.407 e. The second kappa shape index (κ2) is 24.1. The summed E-state index contributed by atoms with van der Waals surface area (Å²) in [6, 6.07) is 31.0. The number of hydrogen-bond donors (Lipinski definition) is 4. The van der Waals surface area contributed by atoms with Crippen LogP contribution in [0.2, 0.25) is 0 Å². The second-order valence-electron chi connectivity index (χ2n) is 14.7. The van der Waals surface area contributed by atoms with Crippen molar-refractivity contribution >= 4 is 39.6 Å². The zero-order valence-corrected chi connectivity index (χ0v) is 36.1. The maximum absolute atomic E-state index is 13.4. The number of fused-ring (bicyclic) bond motifs is 5. The number of amides is 4. The molecular formula is C47H52N4O12S. The summed E-state index contributed by atoms with van der Waals surface area (Å²) in [6.07, 6.45) is -0.809. The lowest BCUT2D eigenvalue weighted by atomic mass is 9.98. The third kappa shape index (κ3) is 13.7. The molecule has 0 radical (unpaired) electrons. The van der Waals surface area contributed by atoms with E-state index in [1.165, 1.54) is 11.1 Å². The van der Waals surface area contributed by atoms with Crippen molar-refractivity contribution in [3.8, 4) is 23.0 Å². The van der Waals surface area contributed by atoms with Crippen LogP contribution in [0.15, 0.2) is 97.1 Å². The maximum atomic E-state index is 13.4. The van der Waals surface area contributed by atoms with Crippen LogP contribution in [0.1, 0.15) is 46.6 Å². The highest BCUT2D eigenvalue weighted by atomic mass is 32.2. The standard InChI is InChI=1S/C47H52N4O12S/c52-44(50-31-43(64(56,57)58)46(54)48-21-19-45(53)51-32-36-11-2-1-9-34(36)17-18-35-10-3-8-16-42(35)51)20-23-59-25-27-61-29-30-62-28-26-60-24-22-49-47(55)63-33-41-39-14-6-4-12-37(39)38-13-5-7-15-40(38)41/h1-16,41,43H,19-33H2,(H,48,54)(H,49,55)(H,50,52)(H,56,57,58). The minimum absolute atomic E-state index is 0.000277. The van der Waals surface area contributed by atoms with Gasteiger partial charge in [-0.15, -0.1) is 0 Å². The minimum atomic E-state index is -4.90. The van der Waals surface area contributed by atoms with Crippen LogP contribution >= 0.6 is 0 Å². The van der Waals surface area contributed by atoms with Gasteiger partial charge in [0.1, 0.15) is 6.61 Å². The van der Waals surface area contributed by atoms with E-state index in [1.54, 1.807) is 17.0 Å². The van der Waals surface area contributed by atoms with E-state index in [9.17, 15) is 32.1 Å². The third-order valence-electron chi connectivity index (χ3n) is 10.4. The topological polar surface area (TPSA) is 208 Å². The number of hydrogen-bond acceptors (Lipinski definition) is 11. The molecule has 1 atom stereocenters. The van der Waals surface area contributed by atoms with Gasteiger partial charge in [-0.05, 0) is 46.0 Å². The van der Waals surface area contributed by atoms with Gasteiger partial charge < -0.3 is 44.5 Å². The van der Waals surface area contributed by atoms with Crippen molar-refractivity contribution in [2.75, 3.05) is 84.0 Å². The molecule has 4 aromatic rings. The molecule has 1 heterocycles. The van der Waals surface area contributed by atoms with Crippen molar-refractivity contribution in [3.63, 3.8) is 0 Å².